The van der Waals surface area contributed by atoms with E-state index >= 15 is 0 Å². The van der Waals surface area contributed by atoms with Gasteiger partial charge < -0.3 is 9.15 Å². The normalized spacial score (nSPS) is 15.9. The number of benzene rings is 2. The number of rotatable bonds is 2. The van der Waals surface area contributed by atoms with E-state index in [0.717, 1.165) is 51.1 Å². The summed E-state index contributed by atoms with van der Waals surface area (Å²) in [5.74, 6) is 1.80. The van der Waals surface area contributed by atoms with Gasteiger partial charge in [-0.25, -0.2) is 4.98 Å². The zero-order chi connectivity index (χ0) is 17.8. The highest BCUT2D eigenvalue weighted by atomic mass is 32.1. The van der Waals surface area contributed by atoms with Crippen LogP contribution in [0.25, 0.3) is 32.5 Å². The van der Waals surface area contributed by atoms with E-state index in [1.165, 1.54) is 4.70 Å². The summed E-state index contributed by atoms with van der Waals surface area (Å²) < 4.78 is 13.4. The van der Waals surface area contributed by atoms with Gasteiger partial charge in [0.1, 0.15) is 23.2 Å². The van der Waals surface area contributed by atoms with Crippen LogP contribution in [-0.2, 0) is 6.42 Å². The van der Waals surface area contributed by atoms with Crippen LogP contribution in [0.5, 0.6) is 5.75 Å². The minimum Gasteiger partial charge on any atom is -0.485 e. The van der Waals surface area contributed by atoms with Gasteiger partial charge in [0.25, 0.3) is 0 Å². The highest BCUT2D eigenvalue weighted by Crippen LogP contribution is 2.38. The van der Waals surface area contributed by atoms with Gasteiger partial charge in [-0.3, -0.25) is 4.98 Å². The van der Waals surface area contributed by atoms with Gasteiger partial charge in [0.2, 0.25) is 0 Å². The number of hydrogen-bond acceptors (Lipinski definition) is 5. The molecule has 0 N–H and O–H groups in total. The van der Waals surface area contributed by atoms with E-state index in [9.17, 15) is 0 Å². The lowest BCUT2D eigenvalue weighted by molar-refractivity contribution is 0.238. The molecule has 0 bridgehead atoms. The van der Waals surface area contributed by atoms with Gasteiger partial charge in [-0.15, -0.1) is 11.3 Å². The van der Waals surface area contributed by atoms with E-state index in [2.05, 4.69) is 46.4 Å². The topological polar surface area (TPSA) is 48.2 Å². The van der Waals surface area contributed by atoms with Gasteiger partial charge in [-0.05, 0) is 42.0 Å². The smallest absolute Gasteiger partial charge is 0.135 e. The van der Waals surface area contributed by atoms with Crippen molar-refractivity contribution in [2.24, 2.45) is 0 Å². The molecule has 2 aromatic carbocycles. The average molecular weight is 370 g/mol. The molecule has 4 heterocycles. The Morgan fingerprint density at radius 3 is 3.00 bits per heavy atom. The molecule has 6 rings (SSSR count). The molecule has 1 aliphatic heterocycles. The standard InChI is InChI=1S/C22H14N2O2S/c1-2-14(21-9-16-11-23-6-5-18(16)25-21)7-19-13(1)8-20(26-19)15-3-4-17-22(10-15)27-12-24-17/h1-8,10-12,21H,9H2. The second kappa shape index (κ2) is 5.66. The number of furan rings is 1. The molecule has 0 fully saturated rings. The first-order valence-corrected chi connectivity index (χ1v) is 9.68. The number of thiazole rings is 1. The van der Waals surface area contributed by atoms with E-state index in [4.69, 9.17) is 9.15 Å². The van der Waals surface area contributed by atoms with Crippen LogP contribution in [0.15, 0.2) is 70.9 Å². The van der Waals surface area contributed by atoms with E-state index in [1.807, 2.05) is 23.8 Å². The Balaban J connectivity index is 1.37. The van der Waals surface area contributed by atoms with Gasteiger partial charge in [0, 0.05) is 35.3 Å². The Hall–Kier alpha value is -3.18. The molecule has 3 aromatic heterocycles. The van der Waals surface area contributed by atoms with Gasteiger partial charge in [-0.2, -0.15) is 0 Å². The second-order valence-electron chi connectivity index (χ2n) is 6.74. The summed E-state index contributed by atoms with van der Waals surface area (Å²) >= 11 is 1.64. The first-order valence-electron chi connectivity index (χ1n) is 8.80. The van der Waals surface area contributed by atoms with Crippen LogP contribution in [0.4, 0.5) is 0 Å². The number of ether oxygens (including phenoxy) is 1. The molecule has 0 amide bonds. The van der Waals surface area contributed by atoms with Gasteiger partial charge in [-0.1, -0.05) is 12.1 Å². The summed E-state index contributed by atoms with van der Waals surface area (Å²) in [5, 5.41) is 1.09. The first kappa shape index (κ1) is 14.9. The number of aromatic nitrogens is 2. The Morgan fingerprint density at radius 2 is 2.04 bits per heavy atom. The van der Waals surface area contributed by atoms with Crippen LogP contribution in [-0.4, -0.2) is 9.97 Å². The predicted octanol–water partition coefficient (Wildman–Crippen LogP) is 5.78. The molecule has 5 aromatic rings. The van der Waals surface area contributed by atoms with Gasteiger partial charge in [0.15, 0.2) is 0 Å². The zero-order valence-electron chi connectivity index (χ0n) is 14.3. The Bertz CT molecular complexity index is 1280. The van der Waals surface area contributed by atoms with Crippen molar-refractivity contribution in [1.29, 1.82) is 0 Å². The maximum Gasteiger partial charge on any atom is 0.135 e. The monoisotopic (exact) mass is 370 g/mol. The van der Waals surface area contributed by atoms with Crippen LogP contribution in [0.2, 0.25) is 0 Å². The Labute approximate surface area is 159 Å². The summed E-state index contributed by atoms with van der Waals surface area (Å²) in [5.41, 5.74) is 7.12. The molecule has 1 aliphatic rings. The lowest BCUT2D eigenvalue weighted by atomic mass is 10.0. The first-order chi connectivity index (χ1) is 13.3. The second-order valence-corrected chi connectivity index (χ2v) is 7.62. The van der Waals surface area contributed by atoms with Crippen LogP contribution < -0.4 is 4.74 Å². The summed E-state index contributed by atoms with van der Waals surface area (Å²) in [6.45, 7) is 0. The van der Waals surface area contributed by atoms with E-state index in [1.54, 1.807) is 17.5 Å². The van der Waals surface area contributed by atoms with Gasteiger partial charge in [0.05, 0.1) is 15.7 Å². The lowest BCUT2D eigenvalue weighted by Crippen LogP contribution is -2.02. The summed E-state index contributed by atoms with van der Waals surface area (Å²) in [6.07, 6.45) is 4.50. The molecule has 1 atom stereocenters. The maximum atomic E-state index is 6.17. The average Bonchev–Trinajstić information content (AvgIpc) is 3.42. The minimum absolute atomic E-state index is 0.00990. The number of fused-ring (bicyclic) bond motifs is 3. The summed E-state index contributed by atoms with van der Waals surface area (Å²) in [7, 11) is 0. The molecule has 0 radical (unpaired) electrons. The van der Waals surface area contributed by atoms with E-state index < -0.39 is 0 Å². The van der Waals surface area contributed by atoms with Crippen molar-refractivity contribution in [2.45, 2.75) is 12.5 Å². The highest BCUT2D eigenvalue weighted by Gasteiger charge is 2.25. The van der Waals surface area contributed by atoms with Crippen LogP contribution in [0.1, 0.15) is 17.2 Å². The maximum absolute atomic E-state index is 6.17. The van der Waals surface area contributed by atoms with Crippen LogP contribution in [0, 0.1) is 0 Å². The number of pyridine rings is 1. The Morgan fingerprint density at radius 1 is 1.04 bits per heavy atom. The van der Waals surface area contributed by atoms with Crippen molar-refractivity contribution < 1.29 is 9.15 Å². The Kier molecular flexibility index (Phi) is 3.13. The predicted molar refractivity (Wildman–Crippen MR) is 106 cm³/mol. The fraction of sp³-hybridized carbons (Fsp3) is 0.0909. The molecule has 27 heavy (non-hydrogen) atoms. The molecular weight excluding hydrogens is 356 g/mol. The fourth-order valence-electron chi connectivity index (χ4n) is 3.66. The number of hydrogen-bond donors (Lipinski definition) is 0. The molecule has 0 aliphatic carbocycles. The van der Waals surface area contributed by atoms with Crippen LogP contribution in [0.3, 0.4) is 0 Å². The van der Waals surface area contributed by atoms with Crippen molar-refractivity contribution in [3.63, 3.8) is 0 Å². The third kappa shape index (κ3) is 2.43. The molecule has 130 valence electrons. The molecular formula is C22H14N2O2S. The quantitative estimate of drug-likeness (QED) is 0.395. The molecule has 0 saturated heterocycles. The minimum atomic E-state index is 0.00990. The molecule has 4 nitrogen and oxygen atoms in total. The van der Waals surface area contributed by atoms with Crippen molar-refractivity contribution in [2.75, 3.05) is 0 Å². The number of nitrogens with zero attached hydrogens (tertiary/aromatic N) is 2. The summed E-state index contributed by atoms with van der Waals surface area (Å²) in [6, 6.07) is 16.6. The SMILES string of the molecule is c1cc2c(cn1)CC(c1ccc3cc(-c4ccc5ncsc5c4)oc3c1)O2. The zero-order valence-corrected chi connectivity index (χ0v) is 15.1. The van der Waals surface area contributed by atoms with Crippen molar-refractivity contribution in [1.82, 2.24) is 9.97 Å². The molecule has 0 saturated carbocycles. The largest absolute Gasteiger partial charge is 0.485 e. The highest BCUT2D eigenvalue weighted by molar-refractivity contribution is 7.16. The van der Waals surface area contributed by atoms with Crippen molar-refractivity contribution in [3.8, 4) is 17.1 Å². The summed E-state index contributed by atoms with van der Waals surface area (Å²) in [4.78, 5) is 8.53. The third-order valence-electron chi connectivity index (χ3n) is 5.07. The van der Waals surface area contributed by atoms with E-state index in [-0.39, 0.29) is 6.10 Å². The molecule has 5 heteroatoms. The van der Waals surface area contributed by atoms with Crippen molar-refractivity contribution >= 4 is 32.5 Å². The third-order valence-corrected chi connectivity index (χ3v) is 5.86. The van der Waals surface area contributed by atoms with Gasteiger partial charge >= 0.3 is 0 Å². The fourth-order valence-corrected chi connectivity index (χ4v) is 4.38. The van der Waals surface area contributed by atoms with Crippen LogP contribution >= 0.6 is 11.3 Å². The molecule has 1 unspecified atom stereocenters. The molecule has 0 spiro atoms. The lowest BCUT2D eigenvalue weighted by Gasteiger charge is -2.10. The van der Waals surface area contributed by atoms with E-state index in [0.29, 0.717) is 0 Å². The van der Waals surface area contributed by atoms with Crippen molar-refractivity contribution in [3.05, 3.63) is 77.6 Å².